The topological polar surface area (TPSA) is 108 Å². The number of nitrogens with zero attached hydrogens (tertiary/aromatic N) is 1. The van der Waals surface area contributed by atoms with E-state index in [0.717, 1.165) is 0 Å². The van der Waals surface area contributed by atoms with Gasteiger partial charge < -0.3 is 14.6 Å². The van der Waals surface area contributed by atoms with E-state index in [2.05, 4.69) is 4.84 Å². The van der Waals surface area contributed by atoms with E-state index >= 15 is 0 Å². The van der Waals surface area contributed by atoms with Gasteiger partial charge in [0, 0.05) is 12.1 Å². The van der Waals surface area contributed by atoms with Gasteiger partial charge in [-0.25, -0.2) is 0 Å². The zero-order valence-electron chi connectivity index (χ0n) is 13.5. The van der Waals surface area contributed by atoms with Crippen molar-refractivity contribution in [3.63, 3.8) is 0 Å². The summed E-state index contributed by atoms with van der Waals surface area (Å²) >= 11 is 0. The number of carbonyl (C=O) groups is 1. The van der Waals surface area contributed by atoms with Crippen LogP contribution in [0.2, 0.25) is 0 Å². The van der Waals surface area contributed by atoms with E-state index in [9.17, 15) is 20.0 Å². The number of hydrogen-bond donors (Lipinski definition) is 1. The van der Waals surface area contributed by atoms with Crippen LogP contribution in [0.25, 0.3) is 6.08 Å². The van der Waals surface area contributed by atoms with Crippen LogP contribution in [0.15, 0.2) is 42.5 Å². The second-order valence-electron chi connectivity index (χ2n) is 4.81. The molecule has 2 rings (SSSR count). The number of aromatic hydroxyl groups is 1. The largest absolute Gasteiger partial charge is 0.507 e. The highest BCUT2D eigenvalue weighted by atomic mass is 17.0. The monoisotopic (exact) mass is 345 g/mol. The molecule has 0 aliphatic carbocycles. The summed E-state index contributed by atoms with van der Waals surface area (Å²) < 4.78 is 10.1. The van der Waals surface area contributed by atoms with Crippen molar-refractivity contribution >= 4 is 11.9 Å². The second-order valence-corrected chi connectivity index (χ2v) is 4.81. The van der Waals surface area contributed by atoms with Crippen LogP contribution in [0.4, 0.5) is 0 Å². The Bertz CT molecular complexity index is 812. The third-order valence-electron chi connectivity index (χ3n) is 3.24. The fourth-order valence-electron chi connectivity index (χ4n) is 2.08. The van der Waals surface area contributed by atoms with Gasteiger partial charge in [0.1, 0.15) is 28.6 Å². The fourth-order valence-corrected chi connectivity index (χ4v) is 2.08. The van der Waals surface area contributed by atoms with E-state index in [4.69, 9.17) is 9.47 Å². The predicted molar refractivity (Wildman–Crippen MR) is 88.6 cm³/mol. The highest BCUT2D eigenvalue weighted by Crippen LogP contribution is 2.33. The van der Waals surface area contributed by atoms with Gasteiger partial charge in [-0.1, -0.05) is 18.2 Å². The van der Waals surface area contributed by atoms with Gasteiger partial charge >= 0.3 is 0 Å². The minimum atomic E-state index is -0.910. The van der Waals surface area contributed by atoms with E-state index < -0.39 is 10.9 Å². The fraction of sp³-hybridized carbons (Fsp3) is 0.118. The number of rotatable bonds is 7. The van der Waals surface area contributed by atoms with Crippen molar-refractivity contribution in [1.29, 1.82) is 0 Å². The van der Waals surface area contributed by atoms with E-state index in [1.54, 1.807) is 12.1 Å². The summed E-state index contributed by atoms with van der Waals surface area (Å²) in [5, 5.41) is 19.4. The van der Waals surface area contributed by atoms with Gasteiger partial charge in [0.25, 0.3) is 5.09 Å². The highest BCUT2D eigenvalue weighted by molar-refractivity contribution is 6.10. The minimum Gasteiger partial charge on any atom is -0.507 e. The molecule has 0 aromatic heterocycles. The summed E-state index contributed by atoms with van der Waals surface area (Å²) in [6.45, 7) is 0. The summed E-state index contributed by atoms with van der Waals surface area (Å²) in [7, 11) is 2.81. The molecule has 8 nitrogen and oxygen atoms in total. The lowest BCUT2D eigenvalue weighted by Crippen LogP contribution is -2.03. The SMILES string of the molecule is COc1cc(O)c(C(=O)/C=C/c2ccc(O[N+](=O)[O-])cc2)c(OC)c1. The third kappa shape index (κ3) is 4.47. The highest BCUT2D eigenvalue weighted by Gasteiger charge is 2.17. The van der Waals surface area contributed by atoms with Crippen molar-refractivity contribution in [3.8, 4) is 23.0 Å². The van der Waals surface area contributed by atoms with Crippen molar-refractivity contribution in [2.24, 2.45) is 0 Å². The minimum absolute atomic E-state index is 0.00727. The summed E-state index contributed by atoms with van der Waals surface area (Å²) in [5.41, 5.74) is 0.629. The first-order chi connectivity index (χ1) is 11.9. The number of ether oxygens (including phenoxy) is 2. The molecule has 8 heteroatoms. The molecule has 0 amide bonds. The Hall–Kier alpha value is -3.55. The Morgan fingerprint density at radius 1 is 1.12 bits per heavy atom. The maximum atomic E-state index is 12.3. The Balaban J connectivity index is 2.21. The van der Waals surface area contributed by atoms with Crippen LogP contribution in [-0.2, 0) is 0 Å². The number of phenols is 1. The molecule has 0 radical (unpaired) electrons. The molecular weight excluding hydrogens is 330 g/mol. The lowest BCUT2D eigenvalue weighted by atomic mass is 10.1. The van der Waals surface area contributed by atoms with Gasteiger partial charge in [-0.3, -0.25) is 9.63 Å². The maximum Gasteiger partial charge on any atom is 0.299 e. The quantitative estimate of drug-likeness (QED) is 0.356. The summed E-state index contributed by atoms with van der Waals surface area (Å²) in [6, 6.07) is 8.70. The molecule has 2 aromatic rings. The number of methoxy groups -OCH3 is 2. The number of benzene rings is 2. The predicted octanol–water partition coefficient (Wildman–Crippen LogP) is 2.88. The van der Waals surface area contributed by atoms with Gasteiger partial charge in [-0.2, -0.15) is 0 Å². The third-order valence-corrected chi connectivity index (χ3v) is 3.24. The molecule has 1 N–H and O–H groups in total. The van der Waals surface area contributed by atoms with Crippen LogP contribution >= 0.6 is 0 Å². The lowest BCUT2D eigenvalue weighted by molar-refractivity contribution is -0.711. The molecule has 25 heavy (non-hydrogen) atoms. The van der Waals surface area contributed by atoms with E-state index in [1.807, 2.05) is 0 Å². The molecule has 2 aromatic carbocycles. The van der Waals surface area contributed by atoms with Gasteiger partial charge in [0.05, 0.1) is 14.2 Å². The first-order valence-corrected chi connectivity index (χ1v) is 7.04. The van der Waals surface area contributed by atoms with Crippen LogP contribution in [0.1, 0.15) is 15.9 Å². The Morgan fingerprint density at radius 3 is 2.36 bits per heavy atom. The van der Waals surface area contributed by atoms with Gasteiger partial charge in [0.15, 0.2) is 5.78 Å². The van der Waals surface area contributed by atoms with Crippen LogP contribution in [0, 0.1) is 10.1 Å². The molecule has 0 bridgehead atoms. The summed E-state index contributed by atoms with van der Waals surface area (Å²) in [4.78, 5) is 26.9. The lowest BCUT2D eigenvalue weighted by Gasteiger charge is -2.10. The number of phenolic OH excluding ortho intramolecular Hbond substituents is 1. The molecule has 0 aliphatic rings. The molecule has 0 saturated heterocycles. The normalized spacial score (nSPS) is 10.5. The first-order valence-electron chi connectivity index (χ1n) is 7.04. The van der Waals surface area contributed by atoms with Crippen LogP contribution in [-0.4, -0.2) is 30.2 Å². The van der Waals surface area contributed by atoms with Gasteiger partial charge in [0.2, 0.25) is 0 Å². The van der Waals surface area contributed by atoms with Gasteiger partial charge in [-0.15, -0.1) is 10.1 Å². The van der Waals surface area contributed by atoms with Crippen molar-refractivity contribution in [2.45, 2.75) is 0 Å². The maximum absolute atomic E-state index is 12.3. The average Bonchev–Trinajstić information content (AvgIpc) is 2.59. The number of hydrogen-bond acceptors (Lipinski definition) is 7. The van der Waals surface area contributed by atoms with Crippen LogP contribution in [0.5, 0.6) is 23.0 Å². The standard InChI is InChI=1S/C17H15NO7/c1-23-13-9-15(20)17(16(10-13)24-2)14(19)8-5-11-3-6-12(7-4-11)25-18(21)22/h3-10,20H,1-2H3/b8-5+. The Kier molecular flexibility index (Phi) is 5.57. The molecule has 0 heterocycles. The molecule has 0 unspecified atom stereocenters. The zero-order valence-corrected chi connectivity index (χ0v) is 13.5. The Labute approximate surface area is 143 Å². The van der Waals surface area contributed by atoms with Crippen molar-refractivity contribution in [2.75, 3.05) is 14.2 Å². The van der Waals surface area contributed by atoms with Crippen molar-refractivity contribution in [3.05, 3.63) is 63.7 Å². The summed E-state index contributed by atoms with van der Waals surface area (Å²) in [6.07, 6.45) is 2.76. The van der Waals surface area contributed by atoms with Gasteiger partial charge in [-0.05, 0) is 23.8 Å². The van der Waals surface area contributed by atoms with E-state index in [-0.39, 0.29) is 22.8 Å². The molecular formula is C17H15NO7. The second kappa shape index (κ2) is 7.82. The number of allylic oxidation sites excluding steroid dienone is 1. The van der Waals surface area contributed by atoms with Crippen LogP contribution in [0.3, 0.4) is 0 Å². The molecule has 0 saturated carbocycles. The number of carbonyl (C=O) groups excluding carboxylic acids is 1. The first kappa shape index (κ1) is 17.8. The zero-order chi connectivity index (χ0) is 18.4. The smallest absolute Gasteiger partial charge is 0.299 e. The van der Waals surface area contributed by atoms with E-state index in [1.165, 1.54) is 50.6 Å². The van der Waals surface area contributed by atoms with Crippen molar-refractivity contribution in [1.82, 2.24) is 0 Å². The molecule has 0 aliphatic heterocycles. The molecule has 130 valence electrons. The molecule has 0 spiro atoms. The molecule has 0 atom stereocenters. The van der Waals surface area contributed by atoms with Crippen molar-refractivity contribution < 1.29 is 29.3 Å². The summed E-state index contributed by atoms with van der Waals surface area (Å²) in [5.74, 6) is -0.122. The number of ketones is 1. The Morgan fingerprint density at radius 2 is 1.80 bits per heavy atom. The average molecular weight is 345 g/mol. The van der Waals surface area contributed by atoms with Crippen LogP contribution < -0.4 is 14.3 Å². The molecule has 0 fully saturated rings. The van der Waals surface area contributed by atoms with E-state index in [0.29, 0.717) is 11.3 Å².